The number of ether oxygens (including phenoxy) is 1. The lowest BCUT2D eigenvalue weighted by molar-refractivity contribution is 0.0218. The Labute approximate surface area is 93.5 Å². The molecule has 86 valence electrons. The van der Waals surface area contributed by atoms with E-state index in [4.69, 9.17) is 9.84 Å². The van der Waals surface area contributed by atoms with E-state index in [1.807, 2.05) is 6.07 Å². The SMILES string of the molecule is O=C1O[C@H](CCCO)Cc2cccc(O)c21. The van der Waals surface area contributed by atoms with Gasteiger partial charge in [0.25, 0.3) is 0 Å². The lowest BCUT2D eigenvalue weighted by Gasteiger charge is -2.24. The zero-order chi connectivity index (χ0) is 11.5. The number of rotatable bonds is 3. The Hall–Kier alpha value is -1.55. The number of aliphatic hydroxyl groups excluding tert-OH is 1. The fourth-order valence-electron chi connectivity index (χ4n) is 1.97. The summed E-state index contributed by atoms with van der Waals surface area (Å²) in [6.45, 7) is 0.0982. The van der Waals surface area contributed by atoms with Crippen LogP contribution in [-0.4, -0.2) is 28.9 Å². The van der Waals surface area contributed by atoms with E-state index < -0.39 is 5.97 Å². The number of phenols is 1. The Morgan fingerprint density at radius 3 is 3.00 bits per heavy atom. The highest BCUT2D eigenvalue weighted by molar-refractivity contribution is 5.95. The van der Waals surface area contributed by atoms with E-state index in [1.54, 1.807) is 6.07 Å². The molecule has 0 amide bonds. The number of hydrogen-bond donors (Lipinski definition) is 2. The molecule has 4 nitrogen and oxygen atoms in total. The van der Waals surface area contributed by atoms with Gasteiger partial charge >= 0.3 is 5.97 Å². The van der Waals surface area contributed by atoms with Gasteiger partial charge in [0.05, 0.1) is 0 Å². The van der Waals surface area contributed by atoms with Crippen molar-refractivity contribution in [2.24, 2.45) is 0 Å². The van der Waals surface area contributed by atoms with Crippen LogP contribution in [0.1, 0.15) is 28.8 Å². The Morgan fingerprint density at radius 1 is 1.44 bits per heavy atom. The van der Waals surface area contributed by atoms with Crippen molar-refractivity contribution in [3.8, 4) is 5.75 Å². The molecule has 0 aliphatic carbocycles. The minimum Gasteiger partial charge on any atom is -0.507 e. The van der Waals surface area contributed by atoms with Crippen LogP contribution in [0.25, 0.3) is 0 Å². The summed E-state index contributed by atoms with van der Waals surface area (Å²) in [4.78, 5) is 11.6. The van der Waals surface area contributed by atoms with Gasteiger partial charge in [-0.1, -0.05) is 12.1 Å². The van der Waals surface area contributed by atoms with Crippen LogP contribution in [0.15, 0.2) is 18.2 Å². The first-order valence-corrected chi connectivity index (χ1v) is 5.35. The molecule has 0 aromatic heterocycles. The first kappa shape index (κ1) is 11.0. The van der Waals surface area contributed by atoms with Crippen molar-refractivity contribution < 1.29 is 19.7 Å². The van der Waals surface area contributed by atoms with E-state index in [0.29, 0.717) is 19.3 Å². The molecule has 0 bridgehead atoms. The van der Waals surface area contributed by atoms with E-state index in [1.165, 1.54) is 6.07 Å². The Morgan fingerprint density at radius 2 is 2.25 bits per heavy atom. The van der Waals surface area contributed by atoms with Gasteiger partial charge in [-0.3, -0.25) is 0 Å². The highest BCUT2D eigenvalue weighted by Crippen LogP contribution is 2.29. The van der Waals surface area contributed by atoms with Gasteiger partial charge in [0.1, 0.15) is 17.4 Å². The molecule has 1 atom stereocenters. The summed E-state index contributed by atoms with van der Waals surface area (Å²) < 4.78 is 5.19. The number of cyclic esters (lactones) is 1. The second kappa shape index (κ2) is 4.53. The molecule has 1 aromatic rings. The Balaban J connectivity index is 2.20. The molecular weight excluding hydrogens is 208 g/mol. The van der Waals surface area contributed by atoms with Crippen LogP contribution in [0.4, 0.5) is 0 Å². The molecular formula is C12H14O4. The zero-order valence-electron chi connectivity index (χ0n) is 8.85. The molecule has 0 radical (unpaired) electrons. The molecule has 0 fully saturated rings. The van der Waals surface area contributed by atoms with Crippen molar-refractivity contribution in [1.82, 2.24) is 0 Å². The van der Waals surface area contributed by atoms with Crippen LogP contribution >= 0.6 is 0 Å². The van der Waals surface area contributed by atoms with Gasteiger partial charge in [-0.25, -0.2) is 4.79 Å². The second-order valence-corrected chi connectivity index (χ2v) is 3.91. The number of carbonyl (C=O) groups excluding carboxylic acids is 1. The van der Waals surface area contributed by atoms with E-state index in [-0.39, 0.29) is 24.0 Å². The predicted molar refractivity (Wildman–Crippen MR) is 57.3 cm³/mol. The molecule has 1 aliphatic rings. The first-order valence-electron chi connectivity index (χ1n) is 5.35. The standard InChI is InChI=1S/C12H14O4/c13-6-2-4-9-7-8-3-1-5-10(14)11(8)12(15)16-9/h1,3,5,9,13-14H,2,4,6-7H2/t9-/m1/s1. The van der Waals surface area contributed by atoms with Gasteiger partial charge in [0, 0.05) is 13.0 Å². The Bertz CT molecular complexity index is 400. The van der Waals surface area contributed by atoms with Crippen LogP contribution in [0.3, 0.4) is 0 Å². The average molecular weight is 222 g/mol. The minimum atomic E-state index is -0.470. The number of fused-ring (bicyclic) bond motifs is 1. The summed E-state index contributed by atoms with van der Waals surface area (Å²) in [5.74, 6) is -0.495. The summed E-state index contributed by atoms with van der Waals surface area (Å²) in [6.07, 6.45) is 1.69. The molecule has 1 aromatic carbocycles. The second-order valence-electron chi connectivity index (χ2n) is 3.91. The van der Waals surface area contributed by atoms with Crippen LogP contribution in [0.5, 0.6) is 5.75 Å². The maximum absolute atomic E-state index is 11.6. The molecule has 2 rings (SSSR count). The summed E-state index contributed by atoms with van der Waals surface area (Å²) in [7, 11) is 0. The third-order valence-corrected chi connectivity index (χ3v) is 2.74. The monoisotopic (exact) mass is 222 g/mol. The van der Waals surface area contributed by atoms with Crippen LogP contribution < -0.4 is 0 Å². The fourth-order valence-corrected chi connectivity index (χ4v) is 1.97. The van der Waals surface area contributed by atoms with Crippen molar-refractivity contribution >= 4 is 5.97 Å². The van der Waals surface area contributed by atoms with Crippen molar-refractivity contribution in [3.05, 3.63) is 29.3 Å². The van der Waals surface area contributed by atoms with Gasteiger partial charge in [0.2, 0.25) is 0 Å². The maximum atomic E-state index is 11.6. The summed E-state index contributed by atoms with van der Waals surface area (Å²) in [5.41, 5.74) is 1.10. The van der Waals surface area contributed by atoms with Crippen molar-refractivity contribution in [3.63, 3.8) is 0 Å². The summed E-state index contributed by atoms with van der Waals surface area (Å²) >= 11 is 0. The minimum absolute atomic E-state index is 0.0249. The summed E-state index contributed by atoms with van der Waals surface area (Å²) in [6, 6.07) is 5.02. The normalized spacial score (nSPS) is 19.1. The van der Waals surface area contributed by atoms with Crippen LogP contribution in [0, 0.1) is 0 Å². The molecule has 4 heteroatoms. The largest absolute Gasteiger partial charge is 0.507 e. The molecule has 0 spiro atoms. The van der Waals surface area contributed by atoms with Gasteiger partial charge < -0.3 is 14.9 Å². The lowest BCUT2D eigenvalue weighted by Crippen LogP contribution is -2.27. The van der Waals surface area contributed by atoms with E-state index in [9.17, 15) is 9.90 Å². The third-order valence-electron chi connectivity index (χ3n) is 2.74. The summed E-state index contributed by atoms with van der Waals surface area (Å²) in [5, 5.41) is 18.3. The van der Waals surface area contributed by atoms with Crippen LogP contribution in [0.2, 0.25) is 0 Å². The van der Waals surface area contributed by atoms with E-state index in [0.717, 1.165) is 5.56 Å². The van der Waals surface area contributed by atoms with Gasteiger partial charge in [-0.15, -0.1) is 0 Å². The average Bonchev–Trinajstić information content (AvgIpc) is 2.26. The number of aliphatic hydroxyl groups is 1. The highest BCUT2D eigenvalue weighted by Gasteiger charge is 2.28. The number of carbonyl (C=O) groups is 1. The molecule has 0 saturated carbocycles. The predicted octanol–water partition coefficient (Wildman–Crippen LogP) is 1.25. The third kappa shape index (κ3) is 2.02. The first-order chi connectivity index (χ1) is 7.72. The molecule has 16 heavy (non-hydrogen) atoms. The number of esters is 1. The number of benzene rings is 1. The topological polar surface area (TPSA) is 66.8 Å². The smallest absolute Gasteiger partial charge is 0.342 e. The number of hydrogen-bond acceptors (Lipinski definition) is 4. The van der Waals surface area contributed by atoms with Gasteiger partial charge in [0.15, 0.2) is 0 Å². The molecule has 0 unspecified atom stereocenters. The van der Waals surface area contributed by atoms with E-state index >= 15 is 0 Å². The van der Waals surface area contributed by atoms with Crippen molar-refractivity contribution in [1.29, 1.82) is 0 Å². The van der Waals surface area contributed by atoms with Crippen molar-refractivity contribution in [2.45, 2.75) is 25.4 Å². The lowest BCUT2D eigenvalue weighted by atomic mass is 9.96. The Kier molecular flexibility index (Phi) is 3.10. The van der Waals surface area contributed by atoms with Gasteiger partial charge in [-0.2, -0.15) is 0 Å². The molecule has 1 heterocycles. The quantitative estimate of drug-likeness (QED) is 0.755. The molecule has 1 aliphatic heterocycles. The molecule has 0 saturated heterocycles. The zero-order valence-corrected chi connectivity index (χ0v) is 8.85. The number of phenolic OH excluding ortho intramolecular Hbond substituents is 1. The highest BCUT2D eigenvalue weighted by atomic mass is 16.5. The van der Waals surface area contributed by atoms with Crippen LogP contribution in [-0.2, 0) is 11.2 Å². The van der Waals surface area contributed by atoms with E-state index in [2.05, 4.69) is 0 Å². The molecule has 2 N–H and O–H groups in total. The van der Waals surface area contributed by atoms with Gasteiger partial charge in [-0.05, 0) is 24.5 Å². The number of aromatic hydroxyl groups is 1. The fraction of sp³-hybridized carbons (Fsp3) is 0.417. The maximum Gasteiger partial charge on any atom is 0.342 e. The van der Waals surface area contributed by atoms with Crippen molar-refractivity contribution in [2.75, 3.05) is 6.61 Å².